The number of amides is 1. The number of nitrogens with zero attached hydrogens (tertiary/aromatic N) is 1. The average molecular weight is 360 g/mol. The first kappa shape index (κ1) is 18.0. The van der Waals surface area contributed by atoms with Crippen LogP contribution in [0.2, 0.25) is 10.0 Å². The van der Waals surface area contributed by atoms with Crippen molar-refractivity contribution < 1.29 is 4.79 Å². The van der Waals surface area contributed by atoms with Crippen molar-refractivity contribution in [3.05, 3.63) is 33.8 Å². The third kappa shape index (κ3) is 3.93. The third-order valence-corrected chi connectivity index (χ3v) is 6.25. The molecule has 122 valence electrons. The second kappa shape index (κ2) is 8.47. The first-order valence-corrected chi connectivity index (χ1v) is 9.76. The van der Waals surface area contributed by atoms with Crippen LogP contribution in [0.15, 0.2) is 18.2 Å². The molecule has 1 aromatic rings. The summed E-state index contributed by atoms with van der Waals surface area (Å²) in [6.45, 7) is 5.06. The van der Waals surface area contributed by atoms with Crippen molar-refractivity contribution in [2.45, 2.75) is 44.9 Å². The largest absolute Gasteiger partial charge is 0.325 e. The highest BCUT2D eigenvalue weighted by Gasteiger charge is 2.34. The molecule has 2 nitrogen and oxygen atoms in total. The predicted molar refractivity (Wildman–Crippen MR) is 96.7 cm³/mol. The van der Waals surface area contributed by atoms with Crippen LogP contribution in [0.25, 0.3) is 0 Å². The summed E-state index contributed by atoms with van der Waals surface area (Å²) in [7, 11) is 0. The lowest BCUT2D eigenvalue weighted by atomic mass is 9.97. The van der Waals surface area contributed by atoms with Crippen molar-refractivity contribution in [2.75, 3.05) is 12.3 Å². The van der Waals surface area contributed by atoms with Crippen LogP contribution in [0.1, 0.15) is 50.5 Å². The Hall–Kier alpha value is -0.380. The number of thioether (sulfide) groups is 1. The third-order valence-electron chi connectivity index (χ3n) is 4.17. The lowest BCUT2D eigenvalue weighted by Crippen LogP contribution is -2.35. The summed E-state index contributed by atoms with van der Waals surface area (Å²) in [6, 6.07) is 5.67. The van der Waals surface area contributed by atoms with Crippen LogP contribution in [0.5, 0.6) is 0 Å². The number of hydrogen-bond donors (Lipinski definition) is 0. The molecule has 0 spiro atoms. The maximum atomic E-state index is 12.9. The van der Waals surface area contributed by atoms with E-state index in [1.54, 1.807) is 17.8 Å². The van der Waals surface area contributed by atoms with Gasteiger partial charge in [-0.1, -0.05) is 62.0 Å². The van der Waals surface area contributed by atoms with Crippen molar-refractivity contribution in [2.24, 2.45) is 5.92 Å². The summed E-state index contributed by atoms with van der Waals surface area (Å²) < 4.78 is 0. The molecule has 2 rings (SSSR count). The van der Waals surface area contributed by atoms with Crippen LogP contribution < -0.4 is 0 Å². The van der Waals surface area contributed by atoms with Gasteiger partial charge >= 0.3 is 0 Å². The minimum Gasteiger partial charge on any atom is -0.325 e. The molecule has 5 heteroatoms. The van der Waals surface area contributed by atoms with Crippen LogP contribution in [-0.2, 0) is 4.79 Å². The van der Waals surface area contributed by atoms with Crippen molar-refractivity contribution in [3.63, 3.8) is 0 Å². The van der Waals surface area contributed by atoms with Gasteiger partial charge in [-0.15, -0.1) is 11.8 Å². The topological polar surface area (TPSA) is 20.3 Å². The van der Waals surface area contributed by atoms with E-state index in [2.05, 4.69) is 13.8 Å². The molecule has 1 aliphatic rings. The second-order valence-electron chi connectivity index (χ2n) is 5.65. The highest BCUT2D eigenvalue weighted by molar-refractivity contribution is 7.99. The fourth-order valence-corrected chi connectivity index (χ4v) is 4.62. The summed E-state index contributed by atoms with van der Waals surface area (Å²) in [5.74, 6) is 1.34. The zero-order chi connectivity index (χ0) is 16.1. The average Bonchev–Trinajstić information content (AvgIpc) is 2.99. The number of halogens is 2. The second-order valence-corrected chi connectivity index (χ2v) is 7.62. The van der Waals surface area contributed by atoms with Gasteiger partial charge in [0.25, 0.3) is 0 Å². The molecule has 1 amide bonds. The Kier molecular flexibility index (Phi) is 6.91. The normalized spacial score (nSPS) is 19.5. The Morgan fingerprint density at radius 1 is 1.41 bits per heavy atom. The van der Waals surface area contributed by atoms with Crippen LogP contribution in [0.3, 0.4) is 0 Å². The number of carbonyl (C=O) groups excluding carboxylic acids is 1. The Balaban J connectivity index is 2.19. The standard InChI is InChI=1S/C17H23Cl2NOS/c1-3-5-7-12(4-2)16(21)20-10-11-22-17(20)13-8-6-9-14(18)15(13)19/h6,8-9,12,17H,3-5,7,10-11H2,1-2H3. The molecule has 1 aromatic carbocycles. The number of unbranched alkanes of at least 4 members (excludes halogenated alkanes) is 1. The molecule has 2 atom stereocenters. The molecule has 0 aliphatic carbocycles. The molecular formula is C17H23Cl2NOS. The molecule has 2 unspecified atom stereocenters. The number of benzene rings is 1. The van der Waals surface area contributed by atoms with Gasteiger partial charge in [0.2, 0.25) is 5.91 Å². The molecule has 1 saturated heterocycles. The quantitative estimate of drug-likeness (QED) is 0.640. The van der Waals surface area contributed by atoms with Crippen molar-refractivity contribution in [1.82, 2.24) is 4.90 Å². The molecular weight excluding hydrogens is 337 g/mol. The molecule has 1 aliphatic heterocycles. The van der Waals surface area contributed by atoms with Crippen molar-refractivity contribution in [1.29, 1.82) is 0 Å². The summed E-state index contributed by atoms with van der Waals surface area (Å²) in [5.41, 5.74) is 0.954. The Labute approximate surface area is 147 Å². The minimum absolute atomic E-state index is 0.00521. The minimum atomic E-state index is -0.00521. The zero-order valence-corrected chi connectivity index (χ0v) is 15.5. The van der Waals surface area contributed by atoms with E-state index in [1.807, 2.05) is 17.0 Å². The van der Waals surface area contributed by atoms with E-state index in [4.69, 9.17) is 23.2 Å². The molecule has 0 N–H and O–H groups in total. The highest BCUT2D eigenvalue weighted by atomic mass is 35.5. The van der Waals surface area contributed by atoms with E-state index in [9.17, 15) is 4.79 Å². The Morgan fingerprint density at radius 2 is 2.18 bits per heavy atom. The first-order valence-electron chi connectivity index (χ1n) is 7.96. The SMILES string of the molecule is CCCCC(CC)C(=O)N1CCSC1c1cccc(Cl)c1Cl. The molecule has 1 heterocycles. The fourth-order valence-electron chi connectivity index (χ4n) is 2.85. The van der Waals surface area contributed by atoms with Gasteiger partial charge in [-0.2, -0.15) is 0 Å². The van der Waals surface area contributed by atoms with Gasteiger partial charge in [0.05, 0.1) is 10.0 Å². The smallest absolute Gasteiger partial charge is 0.226 e. The highest BCUT2D eigenvalue weighted by Crippen LogP contribution is 2.43. The monoisotopic (exact) mass is 359 g/mol. The van der Waals surface area contributed by atoms with E-state index in [1.165, 1.54) is 0 Å². The van der Waals surface area contributed by atoms with Crippen molar-refractivity contribution >= 4 is 40.9 Å². The van der Waals surface area contributed by atoms with Crippen LogP contribution in [0.4, 0.5) is 0 Å². The zero-order valence-electron chi connectivity index (χ0n) is 13.1. The summed E-state index contributed by atoms with van der Waals surface area (Å²) in [4.78, 5) is 14.9. The maximum Gasteiger partial charge on any atom is 0.226 e. The Morgan fingerprint density at radius 3 is 2.86 bits per heavy atom. The van der Waals surface area contributed by atoms with Gasteiger partial charge in [0, 0.05) is 23.8 Å². The van der Waals surface area contributed by atoms with E-state index < -0.39 is 0 Å². The van der Waals surface area contributed by atoms with Crippen LogP contribution >= 0.6 is 35.0 Å². The van der Waals surface area contributed by atoms with Crippen LogP contribution in [-0.4, -0.2) is 23.1 Å². The lowest BCUT2D eigenvalue weighted by molar-refractivity contribution is -0.136. The van der Waals surface area contributed by atoms with Crippen molar-refractivity contribution in [3.8, 4) is 0 Å². The number of carbonyl (C=O) groups is 1. The molecule has 0 saturated carbocycles. The maximum absolute atomic E-state index is 12.9. The van der Waals surface area contributed by atoms with E-state index in [0.717, 1.165) is 43.5 Å². The molecule has 22 heavy (non-hydrogen) atoms. The fraction of sp³-hybridized carbons (Fsp3) is 0.588. The summed E-state index contributed by atoms with van der Waals surface area (Å²) in [5, 5.41) is 1.12. The molecule has 0 radical (unpaired) electrons. The summed E-state index contributed by atoms with van der Waals surface area (Å²) in [6.07, 6.45) is 4.11. The molecule has 0 aromatic heterocycles. The number of hydrogen-bond acceptors (Lipinski definition) is 2. The molecule has 1 fully saturated rings. The number of rotatable bonds is 6. The van der Waals surface area contributed by atoms with Gasteiger partial charge in [0.15, 0.2) is 0 Å². The van der Waals surface area contributed by atoms with E-state index in [-0.39, 0.29) is 17.2 Å². The van der Waals surface area contributed by atoms with Gasteiger partial charge in [0.1, 0.15) is 5.37 Å². The van der Waals surface area contributed by atoms with Gasteiger partial charge in [-0.05, 0) is 18.9 Å². The molecule has 0 bridgehead atoms. The van der Waals surface area contributed by atoms with Gasteiger partial charge in [-0.25, -0.2) is 0 Å². The van der Waals surface area contributed by atoms with Gasteiger partial charge in [-0.3, -0.25) is 4.79 Å². The van der Waals surface area contributed by atoms with Gasteiger partial charge < -0.3 is 4.90 Å². The predicted octanol–water partition coefficient (Wildman–Crippen LogP) is 5.78. The first-order chi connectivity index (χ1) is 10.6. The van der Waals surface area contributed by atoms with E-state index >= 15 is 0 Å². The Bertz CT molecular complexity index is 523. The lowest BCUT2D eigenvalue weighted by Gasteiger charge is -2.28. The van der Waals surface area contributed by atoms with E-state index in [0.29, 0.717) is 10.0 Å². The summed E-state index contributed by atoms with van der Waals surface area (Å²) >= 11 is 14.3. The van der Waals surface area contributed by atoms with Crippen LogP contribution in [0, 0.1) is 5.92 Å².